The summed E-state index contributed by atoms with van der Waals surface area (Å²) in [6.07, 6.45) is 1.61. The van der Waals surface area contributed by atoms with E-state index in [1.165, 1.54) is 21.7 Å². The van der Waals surface area contributed by atoms with Crippen LogP contribution in [-0.2, 0) is 21.4 Å². The molecule has 1 unspecified atom stereocenters. The number of ether oxygens (including phenoxy) is 1. The molecule has 8 heteroatoms. The van der Waals surface area contributed by atoms with Crippen LogP contribution in [-0.4, -0.2) is 37.9 Å². The van der Waals surface area contributed by atoms with Crippen LogP contribution < -0.4 is 5.56 Å². The average Bonchev–Trinajstić information content (AvgIpc) is 3.10. The molecule has 1 aliphatic rings. The summed E-state index contributed by atoms with van der Waals surface area (Å²) in [6, 6.07) is 8.10. The average molecular weight is 398 g/mol. The zero-order valence-corrected chi connectivity index (χ0v) is 16.9. The Morgan fingerprint density at radius 1 is 1.36 bits per heavy atom. The number of aromatic amines is 1. The van der Waals surface area contributed by atoms with E-state index >= 15 is 0 Å². The summed E-state index contributed by atoms with van der Waals surface area (Å²) in [5, 5.41) is 7.48. The summed E-state index contributed by atoms with van der Waals surface area (Å²) < 4.78 is 6.44. The summed E-state index contributed by atoms with van der Waals surface area (Å²) in [6.45, 7) is 6.29. The Morgan fingerprint density at radius 3 is 2.89 bits per heavy atom. The van der Waals surface area contributed by atoms with Gasteiger partial charge in [0.05, 0.1) is 23.6 Å². The number of fused-ring (bicyclic) bond motifs is 4. The smallest absolute Gasteiger partial charge is 0.316 e. The standard InChI is InChI=1S/C20H22N4O3S/c1-4-20(3)10-12-8-6-7-9-13(12)16-15(20)17(26)24-18(21-16)22-23-19(24)28-11-14(25)27-5-2/h6-9H,4-5,10-11H2,1-3H3,(H,21,22). The molecule has 28 heavy (non-hydrogen) atoms. The molecular formula is C20H22N4O3S. The fourth-order valence-electron chi connectivity index (χ4n) is 3.80. The first-order valence-electron chi connectivity index (χ1n) is 9.36. The van der Waals surface area contributed by atoms with E-state index in [1.54, 1.807) is 6.92 Å². The van der Waals surface area contributed by atoms with Crippen LogP contribution >= 0.6 is 11.8 Å². The van der Waals surface area contributed by atoms with Crippen molar-refractivity contribution in [1.82, 2.24) is 19.6 Å². The van der Waals surface area contributed by atoms with Gasteiger partial charge >= 0.3 is 5.97 Å². The Hall–Kier alpha value is -2.61. The topological polar surface area (TPSA) is 89.3 Å². The third-order valence-electron chi connectivity index (χ3n) is 5.39. The number of carbonyl (C=O) groups is 1. The Morgan fingerprint density at radius 2 is 2.14 bits per heavy atom. The number of rotatable bonds is 5. The van der Waals surface area contributed by atoms with E-state index in [0.717, 1.165) is 24.1 Å². The summed E-state index contributed by atoms with van der Waals surface area (Å²) in [5.41, 5.74) is 3.20. The molecule has 1 aliphatic carbocycles. The molecule has 0 saturated heterocycles. The summed E-state index contributed by atoms with van der Waals surface area (Å²) >= 11 is 1.17. The number of hydrogen-bond acceptors (Lipinski definition) is 6. The highest BCUT2D eigenvalue weighted by molar-refractivity contribution is 7.99. The van der Waals surface area contributed by atoms with Crippen LogP contribution in [0.4, 0.5) is 0 Å². The quantitative estimate of drug-likeness (QED) is 0.525. The van der Waals surface area contributed by atoms with Gasteiger partial charge in [-0.1, -0.05) is 49.9 Å². The van der Waals surface area contributed by atoms with E-state index < -0.39 is 0 Å². The van der Waals surface area contributed by atoms with Crippen LogP contribution in [0.1, 0.15) is 38.3 Å². The number of carbonyl (C=O) groups excluding carboxylic acids is 1. The highest BCUT2D eigenvalue weighted by Gasteiger charge is 2.38. The second kappa shape index (κ2) is 7.09. The highest BCUT2D eigenvalue weighted by Crippen LogP contribution is 2.42. The summed E-state index contributed by atoms with van der Waals surface area (Å²) in [5.74, 6) is 0.130. The molecule has 1 aromatic carbocycles. The number of benzene rings is 1. The van der Waals surface area contributed by atoms with E-state index in [0.29, 0.717) is 23.1 Å². The lowest BCUT2D eigenvalue weighted by Crippen LogP contribution is -2.37. The number of thioether (sulfide) groups is 1. The van der Waals surface area contributed by atoms with E-state index in [4.69, 9.17) is 9.72 Å². The van der Waals surface area contributed by atoms with Gasteiger partial charge in [-0.2, -0.15) is 0 Å². The molecule has 3 aromatic rings. The van der Waals surface area contributed by atoms with Crippen molar-refractivity contribution in [1.29, 1.82) is 0 Å². The fraction of sp³-hybridized carbons (Fsp3) is 0.400. The number of H-pyrrole nitrogens is 1. The van der Waals surface area contributed by atoms with Crippen LogP contribution in [0, 0.1) is 0 Å². The summed E-state index contributed by atoms with van der Waals surface area (Å²) in [4.78, 5) is 30.0. The number of esters is 1. The molecule has 2 heterocycles. The van der Waals surface area contributed by atoms with Gasteiger partial charge in [-0.3, -0.25) is 9.59 Å². The van der Waals surface area contributed by atoms with Crippen LogP contribution in [0.25, 0.3) is 17.0 Å². The maximum Gasteiger partial charge on any atom is 0.316 e. The second-order valence-electron chi connectivity index (χ2n) is 7.15. The third kappa shape index (κ3) is 2.92. The molecule has 0 bridgehead atoms. The van der Waals surface area contributed by atoms with Gasteiger partial charge in [-0.05, 0) is 25.3 Å². The highest BCUT2D eigenvalue weighted by atomic mass is 32.2. The molecule has 0 amide bonds. The van der Waals surface area contributed by atoms with Crippen molar-refractivity contribution in [3.63, 3.8) is 0 Å². The third-order valence-corrected chi connectivity index (χ3v) is 6.30. The minimum atomic E-state index is -0.338. The number of nitrogens with zero attached hydrogens (tertiary/aromatic N) is 3. The summed E-state index contributed by atoms with van der Waals surface area (Å²) in [7, 11) is 0. The van der Waals surface area contributed by atoms with E-state index in [2.05, 4.69) is 30.1 Å². The molecule has 146 valence electrons. The van der Waals surface area contributed by atoms with E-state index in [-0.39, 0.29) is 22.7 Å². The molecule has 0 fully saturated rings. The fourth-order valence-corrected chi connectivity index (χ4v) is 4.54. The van der Waals surface area contributed by atoms with Crippen molar-refractivity contribution in [2.24, 2.45) is 0 Å². The molecule has 0 aliphatic heterocycles. The van der Waals surface area contributed by atoms with Crippen LogP contribution in [0.2, 0.25) is 0 Å². The van der Waals surface area contributed by atoms with E-state index in [9.17, 15) is 9.59 Å². The molecule has 0 radical (unpaired) electrons. The molecular weight excluding hydrogens is 376 g/mol. The molecule has 7 nitrogen and oxygen atoms in total. The van der Waals surface area contributed by atoms with Crippen molar-refractivity contribution in [2.75, 3.05) is 12.4 Å². The number of hydrogen-bond donors (Lipinski definition) is 1. The van der Waals surface area contributed by atoms with Gasteiger partial charge in [0.2, 0.25) is 5.78 Å². The molecule has 1 atom stereocenters. The first-order chi connectivity index (χ1) is 13.5. The van der Waals surface area contributed by atoms with Crippen molar-refractivity contribution < 1.29 is 9.53 Å². The predicted molar refractivity (Wildman–Crippen MR) is 108 cm³/mol. The van der Waals surface area contributed by atoms with Crippen molar-refractivity contribution >= 4 is 23.5 Å². The lowest BCUT2D eigenvalue weighted by Gasteiger charge is -2.34. The number of aromatic nitrogens is 4. The minimum absolute atomic E-state index is 0.0885. The van der Waals surface area contributed by atoms with Crippen LogP contribution in [0.15, 0.2) is 34.2 Å². The maximum absolute atomic E-state index is 13.5. The predicted octanol–water partition coefficient (Wildman–Crippen LogP) is 2.96. The monoisotopic (exact) mass is 398 g/mol. The van der Waals surface area contributed by atoms with Gasteiger partial charge in [0.15, 0.2) is 5.16 Å². The molecule has 4 rings (SSSR count). The lowest BCUT2D eigenvalue weighted by molar-refractivity contribution is -0.139. The Bertz CT molecular complexity index is 1120. The normalized spacial score (nSPS) is 18.0. The SMILES string of the molecule is CCOC(=O)CSc1n[nH]c2nc3c(c(=O)n12)C(C)(CC)Cc1ccccc1-3. The van der Waals surface area contributed by atoms with E-state index in [1.807, 2.05) is 18.2 Å². The second-order valence-corrected chi connectivity index (χ2v) is 8.09. The Balaban J connectivity index is 1.88. The van der Waals surface area contributed by atoms with Crippen LogP contribution in [0.5, 0.6) is 0 Å². The largest absolute Gasteiger partial charge is 0.465 e. The maximum atomic E-state index is 13.5. The first kappa shape index (κ1) is 18.7. The zero-order chi connectivity index (χ0) is 19.9. The van der Waals surface area contributed by atoms with Crippen LogP contribution in [0.3, 0.4) is 0 Å². The molecule has 1 N–H and O–H groups in total. The lowest BCUT2D eigenvalue weighted by atomic mass is 9.69. The van der Waals surface area contributed by atoms with Gasteiger partial charge in [0.1, 0.15) is 0 Å². The van der Waals surface area contributed by atoms with Gasteiger partial charge in [-0.15, -0.1) is 5.10 Å². The van der Waals surface area contributed by atoms with Gasteiger partial charge in [-0.25, -0.2) is 14.5 Å². The Kier molecular flexibility index (Phi) is 4.74. The van der Waals surface area contributed by atoms with Crippen molar-refractivity contribution in [3.05, 3.63) is 45.7 Å². The first-order valence-corrected chi connectivity index (χ1v) is 10.4. The van der Waals surface area contributed by atoms with Crippen molar-refractivity contribution in [3.8, 4) is 11.3 Å². The minimum Gasteiger partial charge on any atom is -0.465 e. The van der Waals surface area contributed by atoms with Gasteiger partial charge in [0, 0.05) is 11.0 Å². The van der Waals surface area contributed by atoms with Gasteiger partial charge < -0.3 is 4.74 Å². The van der Waals surface area contributed by atoms with Crippen molar-refractivity contribution in [2.45, 2.75) is 44.2 Å². The number of nitrogens with one attached hydrogen (secondary N) is 1. The Labute approximate surface area is 166 Å². The van der Waals surface area contributed by atoms with Gasteiger partial charge in [0.25, 0.3) is 5.56 Å². The molecule has 2 aromatic heterocycles. The molecule has 0 saturated carbocycles. The molecule has 0 spiro atoms. The zero-order valence-electron chi connectivity index (χ0n) is 16.1.